The van der Waals surface area contributed by atoms with Crippen LogP contribution in [0, 0.1) is 0 Å². The molecule has 1 amide bonds. The minimum absolute atomic E-state index is 0. The van der Waals surface area contributed by atoms with E-state index >= 15 is 0 Å². The van der Waals surface area contributed by atoms with Crippen molar-refractivity contribution < 1.29 is 14.3 Å². The SMILES string of the molecule is Cl.O=C(CN1CCNCC1)NCc1ccc2c(c1)OCO2. The monoisotopic (exact) mass is 313 g/mol. The van der Waals surface area contributed by atoms with Crippen LogP contribution in [-0.2, 0) is 11.3 Å². The number of fused-ring (bicyclic) bond motifs is 1. The molecule has 3 rings (SSSR count). The largest absolute Gasteiger partial charge is 0.454 e. The molecule has 0 unspecified atom stereocenters. The summed E-state index contributed by atoms with van der Waals surface area (Å²) in [6, 6.07) is 5.73. The maximum atomic E-state index is 11.9. The molecule has 0 aliphatic carbocycles. The maximum Gasteiger partial charge on any atom is 0.234 e. The molecule has 2 heterocycles. The number of nitrogens with zero attached hydrogens (tertiary/aromatic N) is 1. The van der Waals surface area contributed by atoms with Gasteiger partial charge in [0.15, 0.2) is 11.5 Å². The normalized spacial score (nSPS) is 17.1. The number of benzene rings is 1. The Balaban J connectivity index is 0.00000161. The Hall–Kier alpha value is -1.50. The lowest BCUT2D eigenvalue weighted by Gasteiger charge is -2.26. The van der Waals surface area contributed by atoms with E-state index in [0.717, 1.165) is 43.2 Å². The fourth-order valence-corrected chi connectivity index (χ4v) is 2.38. The van der Waals surface area contributed by atoms with Gasteiger partial charge in [-0.1, -0.05) is 6.07 Å². The van der Waals surface area contributed by atoms with Crippen LogP contribution in [0.2, 0.25) is 0 Å². The van der Waals surface area contributed by atoms with Gasteiger partial charge in [0.05, 0.1) is 6.54 Å². The summed E-state index contributed by atoms with van der Waals surface area (Å²) < 4.78 is 10.6. The molecule has 2 N–H and O–H groups in total. The second-order valence-corrected chi connectivity index (χ2v) is 4.99. The molecule has 0 bridgehead atoms. The van der Waals surface area contributed by atoms with Gasteiger partial charge < -0.3 is 20.1 Å². The van der Waals surface area contributed by atoms with E-state index in [1.165, 1.54) is 0 Å². The van der Waals surface area contributed by atoms with Crippen molar-refractivity contribution >= 4 is 18.3 Å². The molecule has 7 heteroatoms. The van der Waals surface area contributed by atoms with Crippen molar-refractivity contribution in [3.8, 4) is 11.5 Å². The molecule has 0 spiro atoms. The minimum Gasteiger partial charge on any atom is -0.454 e. The van der Waals surface area contributed by atoms with E-state index in [1.807, 2.05) is 18.2 Å². The Morgan fingerprint density at radius 3 is 2.81 bits per heavy atom. The maximum absolute atomic E-state index is 11.9. The van der Waals surface area contributed by atoms with Gasteiger partial charge in [0.2, 0.25) is 12.7 Å². The van der Waals surface area contributed by atoms with Gasteiger partial charge in [0, 0.05) is 32.7 Å². The third-order valence-electron chi connectivity index (χ3n) is 3.50. The van der Waals surface area contributed by atoms with Crippen LogP contribution in [0.1, 0.15) is 5.56 Å². The van der Waals surface area contributed by atoms with E-state index in [9.17, 15) is 4.79 Å². The predicted octanol–water partition coefficient (Wildman–Crippen LogP) is 0.358. The highest BCUT2D eigenvalue weighted by Gasteiger charge is 2.15. The van der Waals surface area contributed by atoms with Crippen molar-refractivity contribution in [2.24, 2.45) is 0 Å². The summed E-state index contributed by atoms with van der Waals surface area (Å²) in [5.41, 5.74) is 1.02. The highest BCUT2D eigenvalue weighted by molar-refractivity contribution is 5.85. The van der Waals surface area contributed by atoms with Gasteiger partial charge in [-0.3, -0.25) is 9.69 Å². The molecule has 0 saturated carbocycles. The lowest BCUT2D eigenvalue weighted by atomic mass is 10.2. The number of hydrogen-bond donors (Lipinski definition) is 2. The van der Waals surface area contributed by atoms with E-state index in [0.29, 0.717) is 13.1 Å². The topological polar surface area (TPSA) is 62.8 Å². The van der Waals surface area contributed by atoms with E-state index in [1.54, 1.807) is 0 Å². The van der Waals surface area contributed by atoms with E-state index in [-0.39, 0.29) is 25.1 Å². The van der Waals surface area contributed by atoms with Gasteiger partial charge in [-0.2, -0.15) is 0 Å². The zero-order chi connectivity index (χ0) is 13.8. The highest BCUT2D eigenvalue weighted by atomic mass is 35.5. The zero-order valence-corrected chi connectivity index (χ0v) is 12.6. The Morgan fingerprint density at radius 2 is 2.00 bits per heavy atom. The van der Waals surface area contributed by atoms with E-state index < -0.39 is 0 Å². The van der Waals surface area contributed by atoms with Crippen molar-refractivity contribution in [3.63, 3.8) is 0 Å². The minimum atomic E-state index is 0. The summed E-state index contributed by atoms with van der Waals surface area (Å²) in [4.78, 5) is 14.0. The van der Waals surface area contributed by atoms with Gasteiger partial charge >= 0.3 is 0 Å². The molecule has 0 radical (unpaired) electrons. The molecule has 6 nitrogen and oxygen atoms in total. The summed E-state index contributed by atoms with van der Waals surface area (Å²) in [5.74, 6) is 1.57. The molecule has 1 saturated heterocycles. The van der Waals surface area contributed by atoms with Gasteiger partial charge in [0.25, 0.3) is 0 Å². The first-order valence-electron chi connectivity index (χ1n) is 6.89. The molecular formula is C14H20ClN3O3. The smallest absolute Gasteiger partial charge is 0.234 e. The second-order valence-electron chi connectivity index (χ2n) is 4.99. The number of hydrogen-bond acceptors (Lipinski definition) is 5. The van der Waals surface area contributed by atoms with Crippen LogP contribution in [0.25, 0.3) is 0 Å². The van der Waals surface area contributed by atoms with Crippen LogP contribution in [0.5, 0.6) is 11.5 Å². The van der Waals surface area contributed by atoms with Crippen molar-refractivity contribution in [2.75, 3.05) is 39.5 Å². The Bertz CT molecular complexity index is 492. The molecule has 1 aromatic rings. The summed E-state index contributed by atoms with van der Waals surface area (Å²) in [6.45, 7) is 5.02. The Labute approximate surface area is 130 Å². The first kappa shape index (κ1) is 15.9. The lowest BCUT2D eigenvalue weighted by molar-refractivity contribution is -0.122. The number of amides is 1. The molecule has 116 valence electrons. The van der Waals surface area contributed by atoms with Gasteiger partial charge in [-0.05, 0) is 17.7 Å². The number of carbonyl (C=O) groups excluding carboxylic acids is 1. The molecule has 0 atom stereocenters. The van der Waals surface area contributed by atoms with Crippen LogP contribution >= 0.6 is 12.4 Å². The standard InChI is InChI=1S/C14H19N3O3.ClH/c18-14(9-17-5-3-15-4-6-17)16-8-11-1-2-12-13(7-11)20-10-19-12;/h1-2,7,15H,3-6,8-10H2,(H,16,18);1H. The van der Waals surface area contributed by atoms with Crippen LogP contribution in [-0.4, -0.2) is 50.3 Å². The van der Waals surface area contributed by atoms with Gasteiger partial charge in [0.1, 0.15) is 0 Å². The van der Waals surface area contributed by atoms with Gasteiger partial charge in [-0.15, -0.1) is 12.4 Å². The van der Waals surface area contributed by atoms with Crippen LogP contribution < -0.4 is 20.1 Å². The predicted molar refractivity (Wildman–Crippen MR) is 81.0 cm³/mol. The number of halogens is 1. The van der Waals surface area contributed by atoms with Crippen LogP contribution in [0.4, 0.5) is 0 Å². The van der Waals surface area contributed by atoms with Crippen LogP contribution in [0.3, 0.4) is 0 Å². The second kappa shape index (κ2) is 7.49. The number of rotatable bonds is 4. The molecule has 1 aromatic carbocycles. The highest BCUT2D eigenvalue weighted by Crippen LogP contribution is 2.32. The number of piperazine rings is 1. The quantitative estimate of drug-likeness (QED) is 0.840. The van der Waals surface area contributed by atoms with Crippen molar-refractivity contribution in [1.29, 1.82) is 0 Å². The third kappa shape index (κ3) is 4.23. The van der Waals surface area contributed by atoms with E-state index in [2.05, 4.69) is 15.5 Å². The first-order valence-corrected chi connectivity index (χ1v) is 6.89. The number of carbonyl (C=O) groups is 1. The van der Waals surface area contributed by atoms with Gasteiger partial charge in [-0.25, -0.2) is 0 Å². The lowest BCUT2D eigenvalue weighted by Crippen LogP contribution is -2.47. The molecule has 21 heavy (non-hydrogen) atoms. The Kier molecular flexibility index (Phi) is 5.67. The molecule has 2 aliphatic rings. The fourth-order valence-electron chi connectivity index (χ4n) is 2.38. The number of ether oxygens (including phenoxy) is 2. The number of nitrogens with one attached hydrogen (secondary N) is 2. The molecular weight excluding hydrogens is 294 g/mol. The van der Waals surface area contributed by atoms with Crippen molar-refractivity contribution in [1.82, 2.24) is 15.5 Å². The summed E-state index contributed by atoms with van der Waals surface area (Å²) in [5, 5.41) is 6.21. The van der Waals surface area contributed by atoms with Crippen molar-refractivity contribution in [3.05, 3.63) is 23.8 Å². The van der Waals surface area contributed by atoms with E-state index in [4.69, 9.17) is 9.47 Å². The van der Waals surface area contributed by atoms with Crippen LogP contribution in [0.15, 0.2) is 18.2 Å². The Morgan fingerprint density at radius 1 is 1.24 bits per heavy atom. The zero-order valence-electron chi connectivity index (χ0n) is 11.8. The third-order valence-corrected chi connectivity index (χ3v) is 3.50. The molecule has 2 aliphatic heterocycles. The summed E-state index contributed by atoms with van der Waals surface area (Å²) >= 11 is 0. The fraction of sp³-hybridized carbons (Fsp3) is 0.500. The first-order chi connectivity index (χ1) is 9.81. The molecule has 1 fully saturated rings. The summed E-state index contributed by atoms with van der Waals surface area (Å²) in [6.07, 6.45) is 0. The average molecular weight is 314 g/mol. The molecule has 0 aromatic heterocycles. The van der Waals surface area contributed by atoms with Crippen molar-refractivity contribution in [2.45, 2.75) is 6.54 Å². The summed E-state index contributed by atoms with van der Waals surface area (Å²) in [7, 11) is 0. The average Bonchev–Trinajstić information content (AvgIpc) is 2.93.